The predicted molar refractivity (Wildman–Crippen MR) is 101 cm³/mol. The maximum Gasteiger partial charge on any atom is 0.234 e. The normalized spacial score (nSPS) is 11.0. The number of halogens is 1. The van der Waals surface area contributed by atoms with E-state index in [2.05, 4.69) is 26.3 Å². The molecule has 6 nitrogen and oxygen atoms in total. The van der Waals surface area contributed by atoms with Gasteiger partial charge < -0.3 is 9.88 Å². The van der Waals surface area contributed by atoms with E-state index in [1.807, 2.05) is 54.8 Å². The quantitative estimate of drug-likeness (QED) is 0.711. The molecule has 0 radical (unpaired) electrons. The lowest BCUT2D eigenvalue weighted by atomic mass is 10.2. The first-order valence-electron chi connectivity index (χ1n) is 7.77. The summed E-state index contributed by atoms with van der Waals surface area (Å²) in [5.74, 6) is 0.805. The van der Waals surface area contributed by atoms with Crippen LogP contribution in [0.2, 0.25) is 0 Å². The van der Waals surface area contributed by atoms with Crippen LogP contribution in [0.25, 0.3) is 11.4 Å². The number of benzene rings is 1. The fraction of sp³-hybridized carbons (Fsp3) is 0.438. The van der Waals surface area contributed by atoms with Gasteiger partial charge in [0.25, 0.3) is 0 Å². The minimum Gasteiger partial charge on any atom is -0.355 e. The first-order chi connectivity index (χ1) is 11.4. The van der Waals surface area contributed by atoms with Crippen LogP contribution >= 0.6 is 28.1 Å². The summed E-state index contributed by atoms with van der Waals surface area (Å²) < 4.78 is 5.22. The smallest absolute Gasteiger partial charge is 0.234 e. The number of nitrogens with one attached hydrogen (secondary N) is 1. The molecule has 1 aromatic heterocycles. The Bertz CT molecular complexity index is 770. The molecule has 8 heteroatoms. The van der Waals surface area contributed by atoms with E-state index < -0.39 is 0 Å². The van der Waals surface area contributed by atoms with Crippen molar-refractivity contribution in [1.82, 2.24) is 24.6 Å². The molecule has 130 valence electrons. The van der Waals surface area contributed by atoms with Crippen molar-refractivity contribution in [3.05, 3.63) is 33.5 Å². The van der Waals surface area contributed by atoms with Gasteiger partial charge in [-0.2, -0.15) is 5.10 Å². The number of amides is 1. The largest absolute Gasteiger partial charge is 0.355 e. The zero-order chi connectivity index (χ0) is 17.7. The Morgan fingerprint density at radius 2 is 2.21 bits per heavy atom. The van der Waals surface area contributed by atoms with Gasteiger partial charge in [0.15, 0.2) is 10.6 Å². The van der Waals surface area contributed by atoms with Gasteiger partial charge in [0.1, 0.15) is 0 Å². The molecule has 0 saturated heterocycles. The van der Waals surface area contributed by atoms with Crippen LogP contribution in [0.3, 0.4) is 0 Å². The number of carbonyl (C=O) groups is 1. The Labute approximate surface area is 155 Å². The Balaban J connectivity index is 2.13. The van der Waals surface area contributed by atoms with Crippen LogP contribution in [0.15, 0.2) is 28.7 Å². The number of carbonyl (C=O) groups excluding carboxylic acids is 1. The highest BCUT2D eigenvalue weighted by Gasteiger charge is 2.13. The van der Waals surface area contributed by atoms with Crippen molar-refractivity contribution in [2.45, 2.75) is 20.0 Å². The molecule has 24 heavy (non-hydrogen) atoms. The molecule has 1 N–H and O–H groups in total. The van der Waals surface area contributed by atoms with E-state index in [9.17, 15) is 4.79 Å². The second-order valence-electron chi connectivity index (χ2n) is 5.68. The lowest BCUT2D eigenvalue weighted by molar-refractivity contribution is -0.122. The molecule has 1 aromatic carbocycles. The molecule has 1 heterocycles. The third-order valence-electron chi connectivity index (χ3n) is 3.48. The molecule has 0 aliphatic carbocycles. The van der Waals surface area contributed by atoms with E-state index in [-0.39, 0.29) is 5.91 Å². The topological polar surface area (TPSA) is 55.1 Å². The van der Waals surface area contributed by atoms with Crippen molar-refractivity contribution in [3.8, 4) is 11.4 Å². The average molecular weight is 412 g/mol. The molecule has 0 fully saturated rings. The predicted octanol–water partition coefficient (Wildman–Crippen LogP) is 2.80. The van der Waals surface area contributed by atoms with Gasteiger partial charge >= 0.3 is 0 Å². The molecular weight excluding hydrogens is 390 g/mol. The highest BCUT2D eigenvalue weighted by atomic mass is 79.9. The monoisotopic (exact) mass is 411 g/mol. The second kappa shape index (κ2) is 8.55. The Morgan fingerprint density at radius 1 is 1.46 bits per heavy atom. The summed E-state index contributed by atoms with van der Waals surface area (Å²) in [6.07, 6.45) is 0.927. The lowest BCUT2D eigenvalue weighted by Crippen LogP contribution is -2.36. The molecular formula is C16H22BrN5OS. The molecule has 0 unspecified atom stereocenters. The third-order valence-corrected chi connectivity index (χ3v) is 4.46. The minimum absolute atomic E-state index is 0.00835. The molecule has 2 aromatic rings. The van der Waals surface area contributed by atoms with Crippen LogP contribution < -0.4 is 5.32 Å². The van der Waals surface area contributed by atoms with Gasteiger partial charge in [-0.1, -0.05) is 35.0 Å². The van der Waals surface area contributed by atoms with E-state index in [1.165, 1.54) is 0 Å². The molecule has 0 saturated carbocycles. The lowest BCUT2D eigenvalue weighted by Gasteiger charge is -2.15. The van der Waals surface area contributed by atoms with Crippen LogP contribution in [0.1, 0.15) is 13.3 Å². The summed E-state index contributed by atoms with van der Waals surface area (Å²) in [5, 5.41) is 7.48. The van der Waals surface area contributed by atoms with Crippen LogP contribution in [0.4, 0.5) is 0 Å². The summed E-state index contributed by atoms with van der Waals surface area (Å²) in [7, 11) is 3.77. The van der Waals surface area contributed by atoms with E-state index >= 15 is 0 Å². The fourth-order valence-corrected chi connectivity index (χ4v) is 2.89. The first-order valence-corrected chi connectivity index (χ1v) is 8.97. The number of rotatable bonds is 7. The summed E-state index contributed by atoms with van der Waals surface area (Å²) in [5.41, 5.74) is 0.986. The highest BCUT2D eigenvalue weighted by molar-refractivity contribution is 9.10. The molecule has 0 spiro atoms. The van der Waals surface area contributed by atoms with Gasteiger partial charge in [-0.25, -0.2) is 4.68 Å². The van der Waals surface area contributed by atoms with E-state index in [0.29, 0.717) is 24.5 Å². The van der Waals surface area contributed by atoms with Gasteiger partial charge in [-0.05, 0) is 37.8 Å². The van der Waals surface area contributed by atoms with Gasteiger partial charge in [-0.3, -0.25) is 9.69 Å². The SMILES string of the molecule is CCCNC(=O)CN(C)Cn1nc(-c2cccc(Br)c2)n(C)c1=S. The highest BCUT2D eigenvalue weighted by Crippen LogP contribution is 2.21. The summed E-state index contributed by atoms with van der Waals surface area (Å²) >= 11 is 8.95. The first kappa shape index (κ1) is 18.8. The average Bonchev–Trinajstić information content (AvgIpc) is 2.81. The Hall–Kier alpha value is -1.51. The van der Waals surface area contributed by atoms with Crippen LogP contribution in [0, 0.1) is 4.77 Å². The van der Waals surface area contributed by atoms with Crippen LogP contribution in [-0.2, 0) is 18.5 Å². The van der Waals surface area contributed by atoms with E-state index in [4.69, 9.17) is 12.2 Å². The molecule has 0 atom stereocenters. The van der Waals surface area contributed by atoms with Crippen molar-refractivity contribution < 1.29 is 4.79 Å². The van der Waals surface area contributed by atoms with Gasteiger partial charge in [0, 0.05) is 23.6 Å². The number of nitrogens with zero attached hydrogens (tertiary/aromatic N) is 4. The van der Waals surface area contributed by atoms with E-state index in [1.54, 1.807) is 4.68 Å². The number of hydrogen-bond donors (Lipinski definition) is 1. The number of aromatic nitrogens is 3. The summed E-state index contributed by atoms with van der Waals surface area (Å²) in [4.78, 5) is 13.7. The zero-order valence-corrected chi connectivity index (χ0v) is 16.5. The standard InChI is InChI=1S/C16H22BrN5OS/c1-4-8-18-14(23)10-20(2)11-22-16(24)21(3)15(19-22)12-6-5-7-13(17)9-12/h5-7,9H,4,8,10-11H2,1-3H3,(H,18,23). The van der Waals surface area contributed by atoms with Gasteiger partial charge in [-0.15, -0.1) is 0 Å². The maximum atomic E-state index is 11.8. The summed E-state index contributed by atoms with van der Waals surface area (Å²) in [6.45, 7) is 3.49. The van der Waals surface area contributed by atoms with Gasteiger partial charge in [0.05, 0.1) is 13.2 Å². The van der Waals surface area contributed by atoms with Crippen molar-refractivity contribution in [1.29, 1.82) is 0 Å². The fourth-order valence-electron chi connectivity index (χ4n) is 2.30. The van der Waals surface area contributed by atoms with Crippen LogP contribution in [0.5, 0.6) is 0 Å². The Kier molecular flexibility index (Phi) is 6.70. The molecule has 0 bridgehead atoms. The second-order valence-corrected chi connectivity index (χ2v) is 6.96. The molecule has 0 aliphatic rings. The van der Waals surface area contributed by atoms with Crippen molar-refractivity contribution in [2.75, 3.05) is 20.1 Å². The van der Waals surface area contributed by atoms with Crippen molar-refractivity contribution in [2.24, 2.45) is 7.05 Å². The zero-order valence-electron chi connectivity index (χ0n) is 14.1. The minimum atomic E-state index is 0.00835. The number of hydrogen-bond acceptors (Lipinski definition) is 4. The summed E-state index contributed by atoms with van der Waals surface area (Å²) in [6, 6.07) is 7.93. The van der Waals surface area contributed by atoms with Crippen molar-refractivity contribution in [3.63, 3.8) is 0 Å². The van der Waals surface area contributed by atoms with Gasteiger partial charge in [0.2, 0.25) is 5.91 Å². The molecule has 2 rings (SSSR count). The molecule has 0 aliphatic heterocycles. The number of likely N-dealkylation sites (N-methyl/N-ethyl adjacent to an activating group) is 1. The van der Waals surface area contributed by atoms with E-state index in [0.717, 1.165) is 22.3 Å². The third kappa shape index (κ3) is 4.75. The van der Waals surface area contributed by atoms with Crippen molar-refractivity contribution >= 4 is 34.1 Å². The van der Waals surface area contributed by atoms with Crippen LogP contribution in [-0.4, -0.2) is 45.3 Å². The maximum absolute atomic E-state index is 11.8. The molecule has 1 amide bonds. The Morgan fingerprint density at radius 3 is 2.88 bits per heavy atom.